The Morgan fingerprint density at radius 2 is 0.559 bits per heavy atom. The first-order valence-electron chi connectivity index (χ1n) is 56.9. The number of nitrogens with zero attached hydrogens (tertiary/aromatic N) is 17. The summed E-state index contributed by atoms with van der Waals surface area (Å²) in [5, 5.41) is 14.3. The lowest BCUT2D eigenvalue weighted by Crippen LogP contribution is -2.49. The number of pyridine rings is 1. The monoisotopic (exact) mass is 2010 g/mol. The first-order chi connectivity index (χ1) is 69.1. The van der Waals surface area contributed by atoms with Crippen LogP contribution < -0.4 is 26.6 Å². The van der Waals surface area contributed by atoms with Gasteiger partial charge in [-0.05, 0) is 466 Å². The van der Waals surface area contributed by atoms with Crippen molar-refractivity contribution < 1.29 is 57.3 Å². The van der Waals surface area contributed by atoms with Crippen molar-refractivity contribution in [1.29, 1.82) is 0 Å². The fourth-order valence-electron chi connectivity index (χ4n) is 26.2. The van der Waals surface area contributed by atoms with Crippen LogP contribution in [0.1, 0.15) is 251 Å². The Labute approximate surface area is 862 Å². The fourth-order valence-corrected chi connectivity index (χ4v) is 26.2. The highest BCUT2D eigenvalue weighted by molar-refractivity contribution is 5.77. The number of methoxy groups -OCH3 is 1. The highest BCUT2D eigenvalue weighted by atomic mass is 16.6. The van der Waals surface area contributed by atoms with Crippen LogP contribution in [0.2, 0.25) is 0 Å². The molecule has 17 aliphatic rings. The summed E-state index contributed by atoms with van der Waals surface area (Å²) in [6.07, 6.45) is 43.2. The molecule has 1 aliphatic carbocycles. The second-order valence-electron chi connectivity index (χ2n) is 45.4. The van der Waals surface area contributed by atoms with E-state index in [-0.39, 0.29) is 67.2 Å². The van der Waals surface area contributed by atoms with E-state index in [0.717, 1.165) is 159 Å². The summed E-state index contributed by atoms with van der Waals surface area (Å²) in [5.41, 5.74) is 0.797. The maximum Gasteiger partial charge on any atom is 0.410 e. The number of nitrogens with one attached hydrogen (secondary N) is 5. The molecule has 8 atom stereocenters. The molecule has 16 aliphatic heterocycles. The number of hydrogen-bond acceptors (Lipinski definition) is 21. The number of piperidine rings is 8. The Bertz CT molecular complexity index is 3700. The zero-order chi connectivity index (χ0) is 102. The van der Waals surface area contributed by atoms with Gasteiger partial charge in [0, 0.05) is 148 Å². The molecule has 1 aromatic rings. The maximum absolute atomic E-state index is 12.4. The van der Waals surface area contributed by atoms with Gasteiger partial charge in [0.25, 0.3) is 0 Å². The van der Waals surface area contributed by atoms with E-state index in [1.54, 1.807) is 34.4 Å². The highest BCUT2D eigenvalue weighted by Gasteiger charge is 2.45. The second kappa shape index (κ2) is 61.2. The molecule has 5 N–H and O–H groups in total. The van der Waals surface area contributed by atoms with E-state index < -0.39 is 0 Å². The highest BCUT2D eigenvalue weighted by Crippen LogP contribution is 2.40. The normalized spacial score (nSPS) is 27.3. The number of rotatable bonds is 16. The summed E-state index contributed by atoms with van der Waals surface area (Å²) in [6, 6.07) is 10.2. The topological polar surface area (TPSA) is 298 Å². The minimum atomic E-state index is -0.174. The molecule has 143 heavy (non-hydrogen) atoms. The zero-order valence-electron chi connectivity index (χ0n) is 91.8. The number of hydrogen-bond donors (Lipinski definition) is 5. The summed E-state index contributed by atoms with van der Waals surface area (Å²) in [4.78, 5) is 136. The van der Waals surface area contributed by atoms with Gasteiger partial charge in [-0.15, -0.1) is 0 Å². The minimum absolute atomic E-state index is 0.0360. The number of ether oxygens (including phenoxy) is 4. The molecule has 13 amide bonds. The van der Waals surface area contributed by atoms with Crippen molar-refractivity contribution in [2.24, 2.45) is 47.3 Å². The number of carbonyl (C=O) groups excluding carboxylic acids is 8. The Kier molecular flexibility index (Phi) is 49.7. The summed E-state index contributed by atoms with van der Waals surface area (Å²) >= 11 is 0. The van der Waals surface area contributed by atoms with E-state index in [4.69, 9.17) is 18.9 Å². The van der Waals surface area contributed by atoms with E-state index >= 15 is 0 Å². The van der Waals surface area contributed by atoms with Gasteiger partial charge in [0.2, 0.25) is 0 Å². The molecule has 34 heteroatoms. The number of carbonyl (C=O) groups is 8. The van der Waals surface area contributed by atoms with Crippen molar-refractivity contribution in [3.63, 3.8) is 0 Å². The van der Waals surface area contributed by atoms with Gasteiger partial charge in [-0.1, -0.05) is 6.07 Å². The molecule has 18 rings (SSSR count). The maximum atomic E-state index is 12.4. The molecular weight excluding hydrogens is 1810 g/mol. The van der Waals surface area contributed by atoms with Gasteiger partial charge in [0.15, 0.2) is 0 Å². The van der Waals surface area contributed by atoms with E-state index in [9.17, 15) is 38.4 Å². The summed E-state index contributed by atoms with van der Waals surface area (Å²) in [6.45, 7) is 33.9. The van der Waals surface area contributed by atoms with Crippen molar-refractivity contribution in [2.75, 3.05) is 261 Å². The summed E-state index contributed by atoms with van der Waals surface area (Å²) in [7, 11) is 24.2. The van der Waals surface area contributed by atoms with Crippen molar-refractivity contribution in [3.8, 4) is 0 Å². The summed E-state index contributed by atoms with van der Waals surface area (Å²) < 4.78 is 21.2. The van der Waals surface area contributed by atoms with Crippen LogP contribution in [0.3, 0.4) is 0 Å². The van der Waals surface area contributed by atoms with Crippen LogP contribution in [0.15, 0.2) is 24.4 Å². The molecule has 0 bridgehead atoms. The Balaban J connectivity index is 0.000000156. The number of aromatic nitrogens is 1. The lowest BCUT2D eigenvalue weighted by molar-refractivity contribution is 0.0163. The molecule has 0 aromatic carbocycles. The van der Waals surface area contributed by atoms with E-state index in [1.165, 1.54) is 258 Å². The quantitative estimate of drug-likeness (QED) is 0.0759. The SMILES string of the molecule is CC(C)NC(=O)N1CCC[C@H]1C1CCN(C)CC1.CCNC(=O)N1CCCC1C1CCN(C)CC1.CN1CCC([C@@H]2CCCN2C(=O)OC2CCC2)CC1.CN1CCC([C@@H]2CCCN2C(=O)OCc2ccccn2)CC1.CNC(=O)N1CCCC1C1CCN(C)CC1.CNC(=O)N1CCC[C@@H]1C1CCN(C)CC1.CNC(=O)N1CCC[C@H]1C1CCN(C)CC1.COCCOC(=O)N1CCC[C@H]1C1CCN(C)CC1. The fraction of sp³-hybridized carbons (Fsp3) is 0.881. The second-order valence-corrected chi connectivity index (χ2v) is 45.4. The Morgan fingerprint density at radius 1 is 0.308 bits per heavy atom. The molecular formula is C109H198N22O12. The van der Waals surface area contributed by atoms with E-state index in [1.807, 2.05) is 53.7 Å². The molecule has 1 aromatic heterocycles. The molecule has 34 nitrogen and oxygen atoms in total. The lowest BCUT2D eigenvalue weighted by Gasteiger charge is -2.37. The van der Waals surface area contributed by atoms with Crippen LogP contribution in [0, 0.1) is 47.3 Å². The third kappa shape index (κ3) is 35.8. The average Bonchev–Trinajstić information content (AvgIpc) is 1.83. The first-order valence-corrected chi connectivity index (χ1v) is 56.9. The van der Waals surface area contributed by atoms with Crippen LogP contribution >= 0.6 is 0 Å². The molecule has 16 saturated heterocycles. The number of likely N-dealkylation sites (tertiary alicyclic amines) is 16. The first kappa shape index (κ1) is 116. The zero-order valence-corrected chi connectivity index (χ0v) is 91.8. The average molecular weight is 2010 g/mol. The van der Waals surface area contributed by atoms with E-state index in [0.29, 0.717) is 85.2 Å². The van der Waals surface area contributed by atoms with Gasteiger partial charge in [0.05, 0.1) is 12.3 Å². The molecule has 816 valence electrons. The number of urea groups is 5. The summed E-state index contributed by atoms with van der Waals surface area (Å²) in [5.74, 6) is 5.54. The lowest BCUT2D eigenvalue weighted by atomic mass is 9.88. The predicted molar refractivity (Wildman–Crippen MR) is 567 cm³/mol. The standard InChI is InChI=1S/C17H25N3O2.C15H26N2O2.C14H27N3O.C14H26N2O3.C13H25N3O.3C12H23N3O/c1-19-11-7-14(8-12-19)16-6-4-10-20(16)17(21)22-13-15-5-2-3-9-18-15;1-16-10-7-12(8-11-16)14-6-3-9-17(14)15(18)19-13-4-2-5-13;1-11(2)15-14(18)17-8-4-5-13(17)12-6-9-16(3)10-7-12;1-15-8-5-12(6-9-15)13-4-3-7-16(13)14(17)19-11-10-18-2;1-3-14-13(17)16-8-4-5-12(16)11-6-9-15(2)10-7-11;3*1-13-12(16)15-7-3-4-11(15)10-5-8-14(2)9-6-10/h2-3,5,9,14,16H,4,6-8,10-13H2,1H3;12-14H,2-11H2,1H3;11-13H,4-10H2,1-3H3,(H,15,18);12-13H,3-11H2,1-2H3;11-12H,3-10H2,1-2H3,(H,14,17);3*10-11H,3-9H2,1-2H3,(H,13,16)/t16-;14-;2*13-;;2*11-;/m0000.10./s1. The van der Waals surface area contributed by atoms with Gasteiger partial charge in [-0.3, -0.25) is 4.98 Å². The smallest absolute Gasteiger partial charge is 0.410 e. The van der Waals surface area contributed by atoms with Crippen molar-refractivity contribution in [3.05, 3.63) is 30.1 Å². The molecule has 1 saturated carbocycles. The van der Waals surface area contributed by atoms with Gasteiger partial charge < -0.3 is 124 Å². The molecule has 0 radical (unpaired) electrons. The third-order valence-electron chi connectivity index (χ3n) is 35.1. The molecule has 17 heterocycles. The van der Waals surface area contributed by atoms with Gasteiger partial charge >= 0.3 is 48.4 Å². The largest absolute Gasteiger partial charge is 0.447 e. The van der Waals surface area contributed by atoms with Crippen LogP contribution in [0.5, 0.6) is 0 Å². The van der Waals surface area contributed by atoms with Gasteiger partial charge in [-0.2, -0.15) is 0 Å². The number of amides is 13. The van der Waals surface area contributed by atoms with Crippen LogP contribution in [-0.2, 0) is 25.6 Å². The molecule has 17 fully saturated rings. The van der Waals surface area contributed by atoms with E-state index in [2.05, 4.69) is 152 Å². The Hall–Kier alpha value is -7.05. The van der Waals surface area contributed by atoms with Gasteiger partial charge in [0.1, 0.15) is 19.3 Å². The molecule has 0 spiro atoms. The van der Waals surface area contributed by atoms with Crippen LogP contribution in [0.25, 0.3) is 0 Å². The van der Waals surface area contributed by atoms with Crippen molar-refractivity contribution in [1.82, 2.24) is 110 Å². The van der Waals surface area contributed by atoms with Crippen molar-refractivity contribution >= 4 is 48.4 Å². The Morgan fingerprint density at radius 3 is 0.797 bits per heavy atom. The minimum Gasteiger partial charge on any atom is -0.447 e. The van der Waals surface area contributed by atoms with Crippen molar-refractivity contribution in [2.45, 2.75) is 313 Å². The van der Waals surface area contributed by atoms with Gasteiger partial charge in [-0.25, -0.2) is 38.4 Å². The third-order valence-corrected chi connectivity index (χ3v) is 35.1. The van der Waals surface area contributed by atoms with Crippen LogP contribution in [-0.4, -0.2) is 454 Å². The molecule has 2 unspecified atom stereocenters. The predicted octanol–water partition coefficient (Wildman–Crippen LogP) is 13.4. The van der Waals surface area contributed by atoms with Crippen LogP contribution in [0.4, 0.5) is 38.4 Å².